The van der Waals surface area contributed by atoms with Crippen LogP contribution in [0.2, 0.25) is 0 Å². The number of ether oxygens (including phenoxy) is 1. The number of benzene rings is 2. The van der Waals surface area contributed by atoms with Crippen LogP contribution >= 0.6 is 0 Å². The van der Waals surface area contributed by atoms with Crippen molar-refractivity contribution in [3.05, 3.63) is 65.5 Å². The lowest BCUT2D eigenvalue weighted by atomic mass is 10.1. The summed E-state index contributed by atoms with van der Waals surface area (Å²) in [6.07, 6.45) is -4.25. The van der Waals surface area contributed by atoms with E-state index in [0.717, 1.165) is 23.4 Å². The van der Waals surface area contributed by atoms with Crippen LogP contribution in [0, 0.1) is 0 Å². The zero-order valence-corrected chi connectivity index (χ0v) is 16.0. The average molecular weight is 417 g/mol. The van der Waals surface area contributed by atoms with Gasteiger partial charge in [0, 0.05) is 25.1 Å². The first-order valence-corrected chi connectivity index (χ1v) is 9.25. The van der Waals surface area contributed by atoms with Gasteiger partial charge in [0.05, 0.1) is 18.6 Å². The van der Waals surface area contributed by atoms with Crippen molar-refractivity contribution < 1.29 is 27.2 Å². The largest absolute Gasteiger partial charge is 0.497 e. The number of alkyl halides is 3. The predicted molar refractivity (Wildman–Crippen MR) is 101 cm³/mol. The van der Waals surface area contributed by atoms with Gasteiger partial charge < -0.3 is 14.2 Å². The Kier molecular flexibility index (Phi) is 5.19. The minimum Gasteiger partial charge on any atom is -0.497 e. The first-order valence-electron chi connectivity index (χ1n) is 9.25. The Morgan fingerprint density at radius 3 is 2.67 bits per heavy atom. The molecule has 0 aliphatic carbocycles. The molecular formula is C21H18F3N3O3. The number of aromatic nitrogens is 2. The summed E-state index contributed by atoms with van der Waals surface area (Å²) < 4.78 is 49.2. The Hall–Kier alpha value is -3.36. The fourth-order valence-corrected chi connectivity index (χ4v) is 3.39. The molecule has 0 spiro atoms. The molecule has 156 valence electrons. The molecule has 1 aromatic heterocycles. The Balaban J connectivity index is 1.47. The van der Waals surface area contributed by atoms with Crippen LogP contribution in [0.15, 0.2) is 53.1 Å². The summed E-state index contributed by atoms with van der Waals surface area (Å²) in [4.78, 5) is 18.3. The normalized spacial score (nSPS) is 16.9. The van der Waals surface area contributed by atoms with Crippen LogP contribution in [-0.2, 0) is 17.5 Å². The highest BCUT2D eigenvalue weighted by atomic mass is 19.4. The van der Waals surface area contributed by atoms with E-state index in [1.54, 1.807) is 12.0 Å². The smallest absolute Gasteiger partial charge is 0.416 e. The Bertz CT molecular complexity index is 1050. The van der Waals surface area contributed by atoms with Gasteiger partial charge in [0.1, 0.15) is 5.75 Å². The van der Waals surface area contributed by atoms with Crippen LogP contribution in [0.3, 0.4) is 0 Å². The van der Waals surface area contributed by atoms with E-state index in [1.165, 1.54) is 12.1 Å². The molecule has 3 aromatic rings. The number of carbonyl (C=O) groups excluding carboxylic acids is 1. The van der Waals surface area contributed by atoms with Crippen molar-refractivity contribution in [1.82, 2.24) is 15.0 Å². The topological polar surface area (TPSA) is 68.5 Å². The molecule has 0 saturated carbocycles. The van der Waals surface area contributed by atoms with Gasteiger partial charge in [-0.05, 0) is 29.8 Å². The maximum Gasteiger partial charge on any atom is 0.416 e. The number of likely N-dealkylation sites (tertiary alicyclic amines) is 1. The third-order valence-electron chi connectivity index (χ3n) is 4.99. The van der Waals surface area contributed by atoms with Gasteiger partial charge in [-0.1, -0.05) is 29.4 Å². The monoisotopic (exact) mass is 417 g/mol. The highest BCUT2D eigenvalue weighted by molar-refractivity contribution is 5.79. The quantitative estimate of drug-likeness (QED) is 0.620. The average Bonchev–Trinajstić information content (AvgIpc) is 3.35. The van der Waals surface area contributed by atoms with E-state index >= 15 is 0 Å². The highest BCUT2D eigenvalue weighted by Crippen LogP contribution is 2.33. The van der Waals surface area contributed by atoms with Gasteiger partial charge >= 0.3 is 6.18 Å². The lowest BCUT2D eigenvalue weighted by molar-refractivity contribution is -0.137. The van der Waals surface area contributed by atoms with E-state index in [9.17, 15) is 18.0 Å². The van der Waals surface area contributed by atoms with E-state index in [0.29, 0.717) is 13.1 Å². The summed E-state index contributed by atoms with van der Waals surface area (Å²) in [6.45, 7) is 0.836. The van der Waals surface area contributed by atoms with Crippen LogP contribution in [0.4, 0.5) is 13.2 Å². The standard InChI is InChI=1S/C21H18F3N3O3/c1-29-17-7-5-13(6-8-17)11-27-12-15(10-18(27)28)20-25-19(26-30-20)14-3-2-4-16(9-14)21(22,23)24/h2-9,15H,10-12H2,1H3. The third kappa shape index (κ3) is 4.14. The molecule has 2 heterocycles. The molecule has 1 aliphatic rings. The predicted octanol–water partition coefficient (Wildman–Crippen LogP) is 4.28. The summed E-state index contributed by atoms with van der Waals surface area (Å²) in [6, 6.07) is 12.2. The molecule has 1 amide bonds. The van der Waals surface area contributed by atoms with Crippen LogP contribution in [0.25, 0.3) is 11.4 Å². The Morgan fingerprint density at radius 1 is 1.20 bits per heavy atom. The fraction of sp³-hybridized carbons (Fsp3) is 0.286. The van der Waals surface area contributed by atoms with Crippen molar-refractivity contribution in [3.8, 4) is 17.1 Å². The zero-order chi connectivity index (χ0) is 21.3. The van der Waals surface area contributed by atoms with Gasteiger partial charge in [0.2, 0.25) is 17.6 Å². The molecule has 1 unspecified atom stereocenters. The van der Waals surface area contributed by atoms with Gasteiger partial charge in [-0.3, -0.25) is 4.79 Å². The van der Waals surface area contributed by atoms with Crippen LogP contribution in [0.1, 0.15) is 29.4 Å². The van der Waals surface area contributed by atoms with Crippen molar-refractivity contribution in [2.24, 2.45) is 0 Å². The summed E-state index contributed by atoms with van der Waals surface area (Å²) in [5, 5.41) is 3.81. The first kappa shape index (κ1) is 19.9. The van der Waals surface area contributed by atoms with Gasteiger partial charge in [0.25, 0.3) is 0 Å². The minimum absolute atomic E-state index is 0.0466. The Morgan fingerprint density at radius 2 is 1.97 bits per heavy atom. The summed E-state index contributed by atoms with van der Waals surface area (Å²) in [5.74, 6) is 0.694. The summed E-state index contributed by atoms with van der Waals surface area (Å²) in [7, 11) is 1.58. The van der Waals surface area contributed by atoms with Crippen molar-refractivity contribution in [2.75, 3.05) is 13.7 Å². The molecule has 6 nitrogen and oxygen atoms in total. The van der Waals surface area contributed by atoms with Gasteiger partial charge in [-0.15, -0.1) is 0 Å². The van der Waals surface area contributed by atoms with Crippen LogP contribution in [0.5, 0.6) is 5.75 Å². The molecule has 9 heteroatoms. The number of carbonyl (C=O) groups is 1. The minimum atomic E-state index is -4.46. The molecular weight excluding hydrogens is 399 g/mol. The summed E-state index contributed by atoms with van der Waals surface area (Å²) >= 11 is 0. The molecule has 1 aliphatic heterocycles. The number of amides is 1. The Labute approximate surface area is 170 Å². The number of nitrogens with zero attached hydrogens (tertiary/aromatic N) is 3. The fourth-order valence-electron chi connectivity index (χ4n) is 3.39. The van der Waals surface area contributed by atoms with E-state index in [2.05, 4.69) is 10.1 Å². The van der Waals surface area contributed by atoms with Crippen molar-refractivity contribution >= 4 is 5.91 Å². The van der Waals surface area contributed by atoms with E-state index < -0.39 is 11.7 Å². The van der Waals surface area contributed by atoms with Gasteiger partial charge in [-0.25, -0.2) is 0 Å². The molecule has 30 heavy (non-hydrogen) atoms. The van der Waals surface area contributed by atoms with E-state index in [1.807, 2.05) is 24.3 Å². The SMILES string of the molecule is COc1ccc(CN2CC(c3nc(-c4cccc(C(F)(F)F)c4)no3)CC2=O)cc1. The van der Waals surface area contributed by atoms with Crippen molar-refractivity contribution in [3.63, 3.8) is 0 Å². The number of rotatable bonds is 5. The lowest BCUT2D eigenvalue weighted by Crippen LogP contribution is -2.24. The number of hydrogen-bond donors (Lipinski definition) is 0. The highest BCUT2D eigenvalue weighted by Gasteiger charge is 2.35. The van der Waals surface area contributed by atoms with Crippen molar-refractivity contribution in [2.45, 2.75) is 25.1 Å². The molecule has 1 saturated heterocycles. The molecule has 4 rings (SSSR count). The second kappa shape index (κ2) is 7.81. The van der Waals surface area contributed by atoms with Gasteiger partial charge in [0.15, 0.2) is 0 Å². The van der Waals surface area contributed by atoms with Gasteiger partial charge in [-0.2, -0.15) is 18.2 Å². The lowest BCUT2D eigenvalue weighted by Gasteiger charge is -2.16. The maximum absolute atomic E-state index is 12.9. The van der Waals surface area contributed by atoms with Crippen LogP contribution < -0.4 is 4.74 Å². The van der Waals surface area contributed by atoms with E-state index in [-0.39, 0.29) is 35.5 Å². The third-order valence-corrected chi connectivity index (χ3v) is 4.99. The molecule has 1 atom stereocenters. The van der Waals surface area contributed by atoms with Crippen LogP contribution in [-0.4, -0.2) is 34.6 Å². The molecule has 0 N–H and O–H groups in total. The molecule has 1 fully saturated rings. The summed E-state index contributed by atoms with van der Waals surface area (Å²) in [5.41, 5.74) is 0.382. The van der Waals surface area contributed by atoms with Crippen molar-refractivity contribution in [1.29, 1.82) is 0 Å². The maximum atomic E-state index is 12.9. The molecule has 0 radical (unpaired) electrons. The number of halogens is 3. The van der Waals surface area contributed by atoms with E-state index in [4.69, 9.17) is 9.26 Å². The first-order chi connectivity index (χ1) is 14.3. The number of hydrogen-bond acceptors (Lipinski definition) is 5. The molecule has 2 aromatic carbocycles. The molecule has 0 bridgehead atoms. The number of methoxy groups -OCH3 is 1. The zero-order valence-electron chi connectivity index (χ0n) is 16.0. The second-order valence-corrected chi connectivity index (χ2v) is 7.06. The second-order valence-electron chi connectivity index (χ2n) is 7.06.